The highest BCUT2D eigenvalue weighted by atomic mass is 19.1. The van der Waals surface area contributed by atoms with Gasteiger partial charge in [0.2, 0.25) is 0 Å². The highest BCUT2D eigenvalue weighted by Gasteiger charge is 2.10. The van der Waals surface area contributed by atoms with Crippen molar-refractivity contribution in [2.45, 2.75) is 19.3 Å². The third-order valence-electron chi connectivity index (χ3n) is 4.23. The fourth-order valence-electron chi connectivity index (χ4n) is 2.93. The Kier molecular flexibility index (Phi) is 5.50. The summed E-state index contributed by atoms with van der Waals surface area (Å²) < 4.78 is 13.3. The van der Waals surface area contributed by atoms with Crippen LogP contribution in [-0.4, -0.2) is 11.3 Å². The molecule has 0 spiro atoms. The quantitative estimate of drug-likeness (QED) is 0.607. The van der Waals surface area contributed by atoms with Crippen molar-refractivity contribution in [1.29, 1.82) is 5.26 Å². The number of halogens is 1. The van der Waals surface area contributed by atoms with Crippen LogP contribution in [0.3, 0.4) is 0 Å². The first-order valence-electron chi connectivity index (χ1n) is 8.40. The van der Waals surface area contributed by atoms with Crippen molar-refractivity contribution in [3.05, 3.63) is 88.9 Å². The van der Waals surface area contributed by atoms with E-state index in [1.54, 1.807) is 24.3 Å². The van der Waals surface area contributed by atoms with Crippen molar-refractivity contribution < 1.29 is 9.18 Å². The zero-order chi connectivity index (χ0) is 18.4. The molecule has 3 rings (SSSR count). The van der Waals surface area contributed by atoms with Gasteiger partial charge in [-0.25, -0.2) is 4.39 Å². The SMILES string of the molecule is N#Cc1ccccc1-c1ccc(C=O)c(CCCc2cccc(F)c2)n1. The van der Waals surface area contributed by atoms with Gasteiger partial charge in [0.1, 0.15) is 5.82 Å². The van der Waals surface area contributed by atoms with Crippen molar-refractivity contribution in [1.82, 2.24) is 4.98 Å². The molecule has 1 aromatic heterocycles. The number of aromatic nitrogens is 1. The van der Waals surface area contributed by atoms with Gasteiger partial charge in [0.25, 0.3) is 0 Å². The van der Waals surface area contributed by atoms with Gasteiger partial charge >= 0.3 is 0 Å². The fourth-order valence-corrected chi connectivity index (χ4v) is 2.93. The number of aldehydes is 1. The Morgan fingerprint density at radius 2 is 1.88 bits per heavy atom. The lowest BCUT2D eigenvalue weighted by molar-refractivity contribution is 0.112. The zero-order valence-corrected chi connectivity index (χ0v) is 14.2. The first kappa shape index (κ1) is 17.5. The summed E-state index contributed by atoms with van der Waals surface area (Å²) in [5.74, 6) is -0.246. The van der Waals surface area contributed by atoms with Crippen LogP contribution in [0.1, 0.15) is 33.6 Å². The second-order valence-corrected chi connectivity index (χ2v) is 5.99. The Hall–Kier alpha value is -3.32. The van der Waals surface area contributed by atoms with E-state index in [2.05, 4.69) is 11.1 Å². The smallest absolute Gasteiger partial charge is 0.151 e. The third-order valence-corrected chi connectivity index (χ3v) is 4.23. The minimum absolute atomic E-state index is 0.246. The molecule has 0 N–H and O–H groups in total. The molecule has 2 aromatic carbocycles. The molecule has 0 aliphatic rings. The molecular formula is C22H17FN2O. The van der Waals surface area contributed by atoms with E-state index in [0.29, 0.717) is 35.4 Å². The molecule has 1 heterocycles. The van der Waals surface area contributed by atoms with Gasteiger partial charge in [-0.1, -0.05) is 30.3 Å². The first-order chi connectivity index (χ1) is 12.7. The average Bonchev–Trinajstić information content (AvgIpc) is 2.68. The highest BCUT2D eigenvalue weighted by Crippen LogP contribution is 2.23. The molecule has 4 heteroatoms. The van der Waals surface area contributed by atoms with Crippen molar-refractivity contribution >= 4 is 6.29 Å². The number of aryl methyl sites for hydroxylation is 2. The normalized spacial score (nSPS) is 10.3. The Morgan fingerprint density at radius 3 is 2.65 bits per heavy atom. The van der Waals surface area contributed by atoms with Gasteiger partial charge in [-0.15, -0.1) is 0 Å². The fraction of sp³-hybridized carbons (Fsp3) is 0.136. The Labute approximate surface area is 151 Å². The Bertz CT molecular complexity index is 976. The second kappa shape index (κ2) is 8.17. The number of pyridine rings is 1. The van der Waals surface area contributed by atoms with Crippen LogP contribution in [0.15, 0.2) is 60.7 Å². The minimum Gasteiger partial charge on any atom is -0.298 e. The summed E-state index contributed by atoms with van der Waals surface area (Å²) in [5.41, 5.74) is 4.13. The van der Waals surface area contributed by atoms with Crippen LogP contribution in [0.2, 0.25) is 0 Å². The molecule has 26 heavy (non-hydrogen) atoms. The van der Waals surface area contributed by atoms with Gasteiger partial charge in [-0.3, -0.25) is 9.78 Å². The molecule has 0 saturated heterocycles. The third kappa shape index (κ3) is 4.01. The van der Waals surface area contributed by atoms with E-state index in [4.69, 9.17) is 0 Å². The predicted octanol–water partition coefficient (Wildman–Crippen LogP) is 4.75. The maximum atomic E-state index is 13.3. The van der Waals surface area contributed by atoms with Gasteiger partial charge in [0.15, 0.2) is 6.29 Å². The largest absolute Gasteiger partial charge is 0.298 e. The number of nitriles is 1. The summed E-state index contributed by atoms with van der Waals surface area (Å²) in [5, 5.41) is 9.28. The summed E-state index contributed by atoms with van der Waals surface area (Å²) in [6.45, 7) is 0. The summed E-state index contributed by atoms with van der Waals surface area (Å²) in [7, 11) is 0. The number of benzene rings is 2. The average molecular weight is 344 g/mol. The molecule has 0 aliphatic carbocycles. The lowest BCUT2D eigenvalue weighted by atomic mass is 10.0. The highest BCUT2D eigenvalue weighted by molar-refractivity contribution is 5.78. The number of rotatable bonds is 6. The summed E-state index contributed by atoms with van der Waals surface area (Å²) >= 11 is 0. The Balaban J connectivity index is 1.82. The Morgan fingerprint density at radius 1 is 1.04 bits per heavy atom. The number of hydrogen-bond donors (Lipinski definition) is 0. The number of nitrogens with zero attached hydrogens (tertiary/aromatic N) is 2. The molecular weight excluding hydrogens is 327 g/mol. The zero-order valence-electron chi connectivity index (χ0n) is 14.2. The summed E-state index contributed by atoms with van der Waals surface area (Å²) in [4.78, 5) is 15.9. The van der Waals surface area contributed by atoms with E-state index in [1.165, 1.54) is 12.1 Å². The van der Waals surface area contributed by atoms with Crippen LogP contribution in [0, 0.1) is 17.1 Å². The molecule has 3 aromatic rings. The number of hydrogen-bond acceptors (Lipinski definition) is 3. The molecule has 0 unspecified atom stereocenters. The maximum absolute atomic E-state index is 13.3. The van der Waals surface area contributed by atoms with Gasteiger partial charge < -0.3 is 0 Å². The molecule has 0 amide bonds. The van der Waals surface area contributed by atoms with Gasteiger partial charge in [-0.2, -0.15) is 5.26 Å². The van der Waals surface area contributed by atoms with Crippen LogP contribution in [0.25, 0.3) is 11.3 Å². The van der Waals surface area contributed by atoms with E-state index in [1.807, 2.05) is 24.3 Å². The van der Waals surface area contributed by atoms with Crippen LogP contribution in [-0.2, 0) is 12.8 Å². The topological polar surface area (TPSA) is 53.8 Å². The first-order valence-corrected chi connectivity index (χ1v) is 8.40. The maximum Gasteiger partial charge on any atom is 0.151 e. The van der Waals surface area contributed by atoms with E-state index >= 15 is 0 Å². The predicted molar refractivity (Wildman–Crippen MR) is 98.2 cm³/mol. The van der Waals surface area contributed by atoms with E-state index in [0.717, 1.165) is 23.8 Å². The van der Waals surface area contributed by atoms with Crippen molar-refractivity contribution in [2.24, 2.45) is 0 Å². The van der Waals surface area contributed by atoms with Crippen molar-refractivity contribution in [3.8, 4) is 17.3 Å². The minimum atomic E-state index is -0.246. The number of carbonyl (C=O) groups is 1. The molecule has 128 valence electrons. The number of carbonyl (C=O) groups excluding carboxylic acids is 1. The monoisotopic (exact) mass is 344 g/mol. The van der Waals surface area contributed by atoms with Crippen LogP contribution in [0.4, 0.5) is 4.39 Å². The molecule has 0 bridgehead atoms. The second-order valence-electron chi connectivity index (χ2n) is 5.99. The standard InChI is InChI=1S/C22H17FN2O/c23-19-8-3-5-16(13-19)6-4-10-21-18(15-26)11-12-22(25-21)20-9-2-1-7-17(20)14-24/h1-3,5,7-9,11-13,15H,4,6,10H2. The van der Waals surface area contributed by atoms with Crippen LogP contribution < -0.4 is 0 Å². The van der Waals surface area contributed by atoms with Gasteiger partial charge in [0.05, 0.1) is 23.0 Å². The van der Waals surface area contributed by atoms with Crippen molar-refractivity contribution in [2.75, 3.05) is 0 Å². The molecule has 0 fully saturated rings. The van der Waals surface area contributed by atoms with E-state index in [9.17, 15) is 14.4 Å². The molecule has 0 aliphatic heterocycles. The van der Waals surface area contributed by atoms with Crippen LogP contribution >= 0.6 is 0 Å². The van der Waals surface area contributed by atoms with Crippen LogP contribution in [0.5, 0.6) is 0 Å². The van der Waals surface area contributed by atoms with Gasteiger partial charge in [0, 0.05) is 11.1 Å². The molecule has 0 atom stereocenters. The van der Waals surface area contributed by atoms with E-state index in [-0.39, 0.29) is 5.82 Å². The lowest BCUT2D eigenvalue weighted by Gasteiger charge is -2.09. The van der Waals surface area contributed by atoms with E-state index < -0.39 is 0 Å². The lowest BCUT2D eigenvalue weighted by Crippen LogP contribution is -2.01. The van der Waals surface area contributed by atoms with Gasteiger partial charge in [-0.05, 0) is 55.2 Å². The summed E-state index contributed by atoms with van der Waals surface area (Å²) in [6.07, 6.45) is 2.86. The van der Waals surface area contributed by atoms with Crippen molar-refractivity contribution in [3.63, 3.8) is 0 Å². The molecule has 0 radical (unpaired) electrons. The molecule has 0 saturated carbocycles. The summed E-state index contributed by atoms with van der Waals surface area (Å²) in [6, 6.07) is 19.4. The molecule has 3 nitrogen and oxygen atoms in total.